The molecule has 0 radical (unpaired) electrons. The Hall–Kier alpha value is -2.18. The Bertz CT molecular complexity index is 460. The monoisotopic (exact) mass is 278 g/mol. The highest BCUT2D eigenvalue weighted by atomic mass is 16.4. The third-order valence-electron chi connectivity index (χ3n) is 3.40. The van der Waals surface area contributed by atoms with Crippen molar-refractivity contribution in [3.05, 3.63) is 24.3 Å². The van der Waals surface area contributed by atoms with Crippen LogP contribution in [0.3, 0.4) is 0 Å². The first-order valence-corrected chi connectivity index (χ1v) is 6.68. The maximum absolute atomic E-state index is 12.1. The Kier molecular flexibility index (Phi) is 4.86. The van der Waals surface area contributed by atoms with Crippen LogP contribution in [-0.2, 0) is 11.3 Å². The van der Waals surface area contributed by atoms with Gasteiger partial charge in [-0.25, -0.2) is 14.8 Å². The molecular weight excluding hydrogens is 260 g/mol. The maximum Gasteiger partial charge on any atom is 0.323 e. The van der Waals surface area contributed by atoms with E-state index >= 15 is 0 Å². The van der Waals surface area contributed by atoms with Crippen molar-refractivity contribution in [2.75, 3.05) is 6.54 Å². The van der Waals surface area contributed by atoms with E-state index in [0.29, 0.717) is 5.69 Å². The number of rotatable bonds is 5. The van der Waals surface area contributed by atoms with Crippen LogP contribution in [0.1, 0.15) is 31.4 Å². The van der Waals surface area contributed by atoms with Crippen molar-refractivity contribution in [1.29, 1.82) is 0 Å². The summed E-state index contributed by atoms with van der Waals surface area (Å²) in [5.74, 6) is -0.992. The number of carboxylic acid groups (broad SMARTS) is 1. The lowest BCUT2D eigenvalue weighted by atomic mass is 10.2. The molecular formula is C13H18N4O3. The minimum Gasteiger partial charge on any atom is -0.480 e. The Morgan fingerprint density at radius 1 is 1.40 bits per heavy atom. The normalized spacial score (nSPS) is 15.0. The summed E-state index contributed by atoms with van der Waals surface area (Å²) in [5.41, 5.74) is 0.690. The second-order valence-electron chi connectivity index (χ2n) is 4.82. The summed E-state index contributed by atoms with van der Waals surface area (Å²) in [6.07, 6.45) is 6.83. The summed E-state index contributed by atoms with van der Waals surface area (Å²) in [6, 6.07) is 1.38. The lowest BCUT2D eigenvalue weighted by molar-refractivity contribution is -0.138. The minimum atomic E-state index is -0.992. The van der Waals surface area contributed by atoms with Crippen molar-refractivity contribution < 1.29 is 14.7 Å². The quantitative estimate of drug-likeness (QED) is 0.838. The molecule has 108 valence electrons. The molecule has 0 unspecified atom stereocenters. The largest absolute Gasteiger partial charge is 0.480 e. The van der Waals surface area contributed by atoms with Crippen molar-refractivity contribution in [2.45, 2.75) is 38.3 Å². The predicted octanol–water partition coefficient (Wildman–Crippen LogP) is 1.02. The van der Waals surface area contributed by atoms with Crippen LogP contribution in [0.4, 0.5) is 4.79 Å². The summed E-state index contributed by atoms with van der Waals surface area (Å²) < 4.78 is 0. The maximum atomic E-state index is 12.1. The molecule has 1 aromatic rings. The average Bonchev–Trinajstić information content (AvgIpc) is 2.97. The number of nitrogens with zero attached hydrogens (tertiary/aromatic N) is 3. The molecule has 2 amide bonds. The van der Waals surface area contributed by atoms with E-state index in [0.717, 1.165) is 25.7 Å². The summed E-state index contributed by atoms with van der Waals surface area (Å²) in [5, 5.41) is 11.7. The van der Waals surface area contributed by atoms with Crippen LogP contribution < -0.4 is 5.32 Å². The number of urea groups is 1. The van der Waals surface area contributed by atoms with Crippen molar-refractivity contribution in [2.24, 2.45) is 0 Å². The Morgan fingerprint density at radius 3 is 2.75 bits per heavy atom. The molecule has 1 fully saturated rings. The number of carbonyl (C=O) groups is 2. The number of aliphatic carboxylic acids is 1. The number of hydrogen-bond acceptors (Lipinski definition) is 4. The highest BCUT2D eigenvalue weighted by Crippen LogP contribution is 2.23. The van der Waals surface area contributed by atoms with Gasteiger partial charge in [0.15, 0.2) is 0 Å². The van der Waals surface area contributed by atoms with E-state index in [1.54, 1.807) is 12.3 Å². The highest BCUT2D eigenvalue weighted by molar-refractivity contribution is 5.80. The zero-order chi connectivity index (χ0) is 14.4. The summed E-state index contributed by atoms with van der Waals surface area (Å²) >= 11 is 0. The van der Waals surface area contributed by atoms with Gasteiger partial charge in [-0.2, -0.15) is 0 Å². The molecule has 0 aromatic carbocycles. The fourth-order valence-electron chi connectivity index (χ4n) is 2.42. The molecule has 7 nitrogen and oxygen atoms in total. The first kappa shape index (κ1) is 14.2. The lowest BCUT2D eigenvalue weighted by Gasteiger charge is -2.27. The van der Waals surface area contributed by atoms with Crippen molar-refractivity contribution in [3.8, 4) is 0 Å². The molecule has 0 atom stereocenters. The van der Waals surface area contributed by atoms with E-state index in [-0.39, 0.29) is 25.2 Å². The second kappa shape index (κ2) is 6.83. The van der Waals surface area contributed by atoms with Crippen molar-refractivity contribution >= 4 is 12.0 Å². The Morgan fingerprint density at radius 2 is 2.15 bits per heavy atom. The van der Waals surface area contributed by atoms with E-state index in [2.05, 4.69) is 15.3 Å². The van der Waals surface area contributed by atoms with Gasteiger partial charge < -0.3 is 15.3 Å². The third-order valence-corrected chi connectivity index (χ3v) is 3.40. The van der Waals surface area contributed by atoms with Crippen molar-refractivity contribution in [3.63, 3.8) is 0 Å². The predicted molar refractivity (Wildman–Crippen MR) is 70.9 cm³/mol. The molecule has 1 saturated carbocycles. The van der Waals surface area contributed by atoms with Gasteiger partial charge in [0.2, 0.25) is 0 Å². The van der Waals surface area contributed by atoms with Gasteiger partial charge in [-0.05, 0) is 18.9 Å². The smallest absolute Gasteiger partial charge is 0.323 e. The molecule has 0 spiro atoms. The molecule has 0 aliphatic heterocycles. The van der Waals surface area contributed by atoms with Crippen LogP contribution in [0.2, 0.25) is 0 Å². The van der Waals surface area contributed by atoms with E-state index in [1.165, 1.54) is 11.2 Å². The lowest BCUT2D eigenvalue weighted by Crippen LogP contribution is -2.47. The number of carbonyl (C=O) groups excluding carboxylic acids is 1. The number of hydrogen-bond donors (Lipinski definition) is 2. The standard InChI is InChI=1S/C13H18N4O3/c18-12(19)8-17(11-3-1-2-4-11)13(20)15-7-10-5-6-14-9-16-10/h5-6,9,11H,1-4,7-8H2,(H,15,20)(H,18,19). The molecule has 1 aliphatic rings. The highest BCUT2D eigenvalue weighted by Gasteiger charge is 2.28. The molecule has 1 aliphatic carbocycles. The van der Waals surface area contributed by atoms with Gasteiger partial charge in [-0.1, -0.05) is 12.8 Å². The first-order chi connectivity index (χ1) is 9.66. The van der Waals surface area contributed by atoms with Gasteiger partial charge in [0.05, 0.1) is 12.2 Å². The molecule has 7 heteroatoms. The SMILES string of the molecule is O=C(O)CN(C(=O)NCc1ccncn1)C1CCCC1. The van der Waals surface area contributed by atoms with Gasteiger partial charge >= 0.3 is 12.0 Å². The Balaban J connectivity index is 1.93. The van der Waals surface area contributed by atoms with E-state index in [1.807, 2.05) is 0 Å². The third kappa shape index (κ3) is 3.91. The van der Waals surface area contributed by atoms with Crippen LogP contribution in [-0.4, -0.2) is 44.6 Å². The molecule has 1 aromatic heterocycles. The average molecular weight is 278 g/mol. The van der Waals surface area contributed by atoms with Gasteiger partial charge in [0.25, 0.3) is 0 Å². The Labute approximate surface area is 117 Å². The number of aromatic nitrogens is 2. The number of amides is 2. The fourth-order valence-corrected chi connectivity index (χ4v) is 2.42. The first-order valence-electron chi connectivity index (χ1n) is 6.68. The number of carboxylic acids is 1. The van der Waals surface area contributed by atoms with Crippen LogP contribution in [0.5, 0.6) is 0 Å². The van der Waals surface area contributed by atoms with Gasteiger partial charge in [-0.15, -0.1) is 0 Å². The molecule has 0 bridgehead atoms. The molecule has 2 N–H and O–H groups in total. The zero-order valence-electron chi connectivity index (χ0n) is 11.2. The fraction of sp³-hybridized carbons (Fsp3) is 0.538. The molecule has 2 rings (SSSR count). The van der Waals surface area contributed by atoms with Crippen molar-refractivity contribution in [1.82, 2.24) is 20.2 Å². The second-order valence-corrected chi connectivity index (χ2v) is 4.82. The van der Waals surface area contributed by atoms with Crippen LogP contribution >= 0.6 is 0 Å². The summed E-state index contributed by atoms with van der Waals surface area (Å²) in [7, 11) is 0. The molecule has 20 heavy (non-hydrogen) atoms. The summed E-state index contributed by atoms with van der Waals surface area (Å²) in [6.45, 7) is 0.00443. The van der Waals surface area contributed by atoms with Crippen LogP contribution in [0, 0.1) is 0 Å². The number of nitrogens with one attached hydrogen (secondary N) is 1. The zero-order valence-corrected chi connectivity index (χ0v) is 11.2. The van der Waals surface area contributed by atoms with E-state index in [9.17, 15) is 9.59 Å². The molecule has 1 heterocycles. The van der Waals surface area contributed by atoms with Crippen LogP contribution in [0.25, 0.3) is 0 Å². The van der Waals surface area contributed by atoms with Gasteiger partial charge in [-0.3, -0.25) is 4.79 Å². The summed E-state index contributed by atoms with van der Waals surface area (Å²) in [4.78, 5) is 32.3. The van der Waals surface area contributed by atoms with E-state index < -0.39 is 5.97 Å². The van der Waals surface area contributed by atoms with Gasteiger partial charge in [0.1, 0.15) is 12.9 Å². The van der Waals surface area contributed by atoms with E-state index in [4.69, 9.17) is 5.11 Å². The minimum absolute atomic E-state index is 0.0245. The van der Waals surface area contributed by atoms with Gasteiger partial charge in [0, 0.05) is 12.2 Å². The molecule has 0 saturated heterocycles. The topological polar surface area (TPSA) is 95.4 Å². The van der Waals surface area contributed by atoms with Crippen LogP contribution in [0.15, 0.2) is 18.6 Å².